The molecule has 0 radical (unpaired) electrons. The zero-order chi connectivity index (χ0) is 17.4. The Morgan fingerprint density at radius 1 is 1.28 bits per heavy atom. The minimum Gasteiger partial charge on any atom is -0.379 e. The third-order valence-corrected chi connectivity index (χ3v) is 4.97. The summed E-state index contributed by atoms with van der Waals surface area (Å²) in [6.07, 6.45) is 2.19. The van der Waals surface area contributed by atoms with E-state index in [0.717, 1.165) is 51.4 Å². The second-order valence-corrected chi connectivity index (χ2v) is 7.87. The summed E-state index contributed by atoms with van der Waals surface area (Å²) >= 11 is 0. The van der Waals surface area contributed by atoms with Crippen molar-refractivity contribution < 1.29 is 13.2 Å². The van der Waals surface area contributed by atoms with E-state index >= 15 is 0 Å². The van der Waals surface area contributed by atoms with Crippen LogP contribution in [0.3, 0.4) is 0 Å². The predicted octanol–water partition coefficient (Wildman–Crippen LogP) is 0.835. The van der Waals surface area contributed by atoms with E-state index in [1.54, 1.807) is 24.3 Å². The van der Waals surface area contributed by atoms with Crippen molar-refractivity contribution in [2.75, 3.05) is 45.6 Å². The van der Waals surface area contributed by atoms with Gasteiger partial charge >= 0.3 is 0 Å². The number of halogens is 1. The maximum Gasteiger partial charge on any atom is 0.188 e. The third-order valence-electron chi connectivity index (χ3n) is 3.84. The molecule has 2 rings (SSSR count). The van der Waals surface area contributed by atoms with Crippen LogP contribution in [0, 0.1) is 0 Å². The number of nitrogens with one attached hydrogen (secondary N) is 1. The van der Waals surface area contributed by atoms with Crippen molar-refractivity contribution in [3.8, 4) is 0 Å². The highest BCUT2D eigenvalue weighted by Gasteiger charge is 2.09. The van der Waals surface area contributed by atoms with Gasteiger partial charge in [-0.25, -0.2) is 13.4 Å². The number of nitrogens with zero attached hydrogens (tertiary/aromatic N) is 2. The summed E-state index contributed by atoms with van der Waals surface area (Å²) in [5.41, 5.74) is 6.77. The van der Waals surface area contributed by atoms with E-state index in [9.17, 15) is 8.42 Å². The number of morpholine rings is 1. The smallest absolute Gasteiger partial charge is 0.188 e. The van der Waals surface area contributed by atoms with Gasteiger partial charge in [0, 0.05) is 25.9 Å². The molecule has 9 heteroatoms. The topological polar surface area (TPSA) is 97.0 Å². The number of aliphatic imine (C=N–C) groups is 1. The van der Waals surface area contributed by atoms with Crippen LogP contribution in [0.4, 0.5) is 0 Å². The lowest BCUT2D eigenvalue weighted by atomic mass is 10.2. The maximum absolute atomic E-state index is 11.4. The number of benzene rings is 1. The third kappa shape index (κ3) is 8.34. The van der Waals surface area contributed by atoms with Gasteiger partial charge in [-0.1, -0.05) is 12.1 Å². The van der Waals surface area contributed by atoms with E-state index in [0.29, 0.717) is 17.4 Å². The highest BCUT2D eigenvalue weighted by Crippen LogP contribution is 2.10. The lowest BCUT2D eigenvalue weighted by Crippen LogP contribution is -2.39. The fourth-order valence-electron chi connectivity index (χ4n) is 2.42. The van der Waals surface area contributed by atoms with Gasteiger partial charge in [-0.15, -0.1) is 24.0 Å². The van der Waals surface area contributed by atoms with E-state index in [4.69, 9.17) is 10.5 Å². The summed E-state index contributed by atoms with van der Waals surface area (Å²) in [6, 6.07) is 6.69. The zero-order valence-electron chi connectivity index (χ0n) is 14.5. The Labute approximate surface area is 167 Å². The van der Waals surface area contributed by atoms with Crippen LogP contribution in [0.1, 0.15) is 12.0 Å². The fraction of sp³-hybridized carbons (Fsp3) is 0.562. The Morgan fingerprint density at radius 3 is 2.52 bits per heavy atom. The Morgan fingerprint density at radius 2 is 1.92 bits per heavy atom. The molecule has 0 saturated carbocycles. The second-order valence-electron chi connectivity index (χ2n) is 5.85. The average Bonchev–Trinajstić information content (AvgIpc) is 2.57. The molecule has 3 N–H and O–H groups in total. The van der Waals surface area contributed by atoms with Crippen LogP contribution in [-0.2, 0) is 21.1 Å². The molecular weight excluding hydrogens is 455 g/mol. The van der Waals surface area contributed by atoms with Crippen LogP contribution in [0.25, 0.3) is 0 Å². The Bertz CT molecular complexity index is 644. The van der Waals surface area contributed by atoms with E-state index in [1.165, 1.54) is 6.26 Å². The van der Waals surface area contributed by atoms with Crippen LogP contribution in [0.15, 0.2) is 34.2 Å². The molecule has 0 bridgehead atoms. The number of rotatable bonds is 7. The fourth-order valence-corrected chi connectivity index (χ4v) is 3.05. The van der Waals surface area contributed by atoms with Crippen molar-refractivity contribution in [2.45, 2.75) is 17.9 Å². The molecule has 1 heterocycles. The van der Waals surface area contributed by atoms with Gasteiger partial charge in [-0.05, 0) is 30.7 Å². The minimum absolute atomic E-state index is 0. The number of hydrogen-bond acceptors (Lipinski definition) is 5. The number of sulfone groups is 1. The highest BCUT2D eigenvalue weighted by molar-refractivity contribution is 14.0. The van der Waals surface area contributed by atoms with E-state index < -0.39 is 9.84 Å². The van der Waals surface area contributed by atoms with Gasteiger partial charge in [0.25, 0.3) is 0 Å². The zero-order valence-corrected chi connectivity index (χ0v) is 17.6. The standard InChI is InChI=1S/C16H26N4O3S.HI/c1-24(21,22)15-5-3-14(4-6-15)13-19-16(17)18-7-2-8-20-9-11-23-12-10-20;/h3-6H,2,7-13H2,1H3,(H3,17,18,19);1H. The highest BCUT2D eigenvalue weighted by atomic mass is 127. The van der Waals surface area contributed by atoms with Crippen LogP contribution in [0.2, 0.25) is 0 Å². The number of hydrogen-bond donors (Lipinski definition) is 2. The van der Waals surface area contributed by atoms with Crippen molar-refractivity contribution in [1.29, 1.82) is 0 Å². The lowest BCUT2D eigenvalue weighted by molar-refractivity contribution is 0.0376. The second kappa shape index (κ2) is 10.9. The number of ether oxygens (including phenoxy) is 1. The molecule has 1 aromatic rings. The Hall–Kier alpha value is -0.910. The molecule has 25 heavy (non-hydrogen) atoms. The van der Waals surface area contributed by atoms with Gasteiger partial charge in [-0.3, -0.25) is 4.90 Å². The molecule has 1 fully saturated rings. The van der Waals surface area contributed by atoms with Crippen molar-refractivity contribution in [2.24, 2.45) is 10.7 Å². The van der Waals surface area contributed by atoms with E-state index in [1.807, 2.05) is 0 Å². The SMILES string of the molecule is CS(=O)(=O)c1ccc(CN=C(N)NCCCN2CCOCC2)cc1.I. The van der Waals surface area contributed by atoms with Crippen LogP contribution >= 0.6 is 24.0 Å². The van der Waals surface area contributed by atoms with Crippen LogP contribution < -0.4 is 11.1 Å². The van der Waals surface area contributed by atoms with Gasteiger partial charge in [0.2, 0.25) is 0 Å². The van der Waals surface area contributed by atoms with Crippen molar-refractivity contribution in [3.63, 3.8) is 0 Å². The van der Waals surface area contributed by atoms with Crippen molar-refractivity contribution in [3.05, 3.63) is 29.8 Å². The number of nitrogens with two attached hydrogens (primary N) is 1. The van der Waals surface area contributed by atoms with Gasteiger partial charge < -0.3 is 15.8 Å². The molecule has 0 atom stereocenters. The van der Waals surface area contributed by atoms with Crippen molar-refractivity contribution in [1.82, 2.24) is 10.2 Å². The van der Waals surface area contributed by atoms with Gasteiger partial charge in [-0.2, -0.15) is 0 Å². The minimum atomic E-state index is -3.16. The van der Waals surface area contributed by atoms with Crippen LogP contribution in [0.5, 0.6) is 0 Å². The van der Waals surface area contributed by atoms with Crippen molar-refractivity contribution >= 4 is 39.8 Å². The Balaban J connectivity index is 0.00000312. The summed E-state index contributed by atoms with van der Waals surface area (Å²) in [5.74, 6) is 0.407. The van der Waals surface area contributed by atoms with Gasteiger partial charge in [0.05, 0.1) is 24.7 Å². The summed E-state index contributed by atoms with van der Waals surface area (Å²) in [7, 11) is -3.16. The Kier molecular flexibility index (Phi) is 9.69. The first kappa shape index (κ1) is 22.1. The first-order valence-corrected chi connectivity index (χ1v) is 9.97. The largest absolute Gasteiger partial charge is 0.379 e. The molecule has 0 aliphatic carbocycles. The molecule has 1 aliphatic heterocycles. The van der Waals surface area contributed by atoms with Gasteiger partial charge in [0.1, 0.15) is 0 Å². The molecular formula is C16H27IN4O3S. The maximum atomic E-state index is 11.4. The quantitative estimate of drug-likeness (QED) is 0.259. The molecule has 0 unspecified atom stereocenters. The summed E-state index contributed by atoms with van der Waals surface area (Å²) < 4.78 is 28.1. The molecule has 1 aliphatic rings. The molecule has 0 aromatic heterocycles. The van der Waals surface area contributed by atoms with Crippen LogP contribution in [-0.4, -0.2) is 64.9 Å². The summed E-state index contributed by atoms with van der Waals surface area (Å²) in [6.45, 7) is 5.84. The summed E-state index contributed by atoms with van der Waals surface area (Å²) in [5, 5.41) is 3.10. The predicted molar refractivity (Wildman–Crippen MR) is 110 cm³/mol. The molecule has 0 amide bonds. The monoisotopic (exact) mass is 482 g/mol. The number of guanidine groups is 1. The van der Waals surface area contributed by atoms with E-state index in [2.05, 4.69) is 15.2 Å². The average molecular weight is 482 g/mol. The molecule has 7 nitrogen and oxygen atoms in total. The summed E-state index contributed by atoms with van der Waals surface area (Å²) in [4.78, 5) is 6.96. The molecule has 1 saturated heterocycles. The van der Waals surface area contributed by atoms with Gasteiger partial charge in [0.15, 0.2) is 15.8 Å². The normalized spacial score (nSPS) is 16.3. The first-order valence-electron chi connectivity index (χ1n) is 8.08. The molecule has 0 spiro atoms. The van der Waals surface area contributed by atoms with E-state index in [-0.39, 0.29) is 24.0 Å². The lowest BCUT2D eigenvalue weighted by Gasteiger charge is -2.26. The molecule has 1 aromatic carbocycles. The first-order chi connectivity index (χ1) is 11.4. The molecule has 142 valence electrons.